The van der Waals surface area contributed by atoms with Gasteiger partial charge in [0.25, 0.3) is 0 Å². The second-order valence-electron chi connectivity index (χ2n) is 6.97. The number of unbranched alkanes of at least 4 members (excludes halogenated alkanes) is 1. The van der Waals surface area contributed by atoms with Crippen LogP contribution in [0.1, 0.15) is 75.2 Å². The highest BCUT2D eigenvalue weighted by atomic mass is 32.1. The number of nitrogens with zero attached hydrogens (tertiary/aromatic N) is 1. The van der Waals surface area contributed by atoms with E-state index in [4.69, 9.17) is 0 Å². The molecule has 5 heteroatoms. The van der Waals surface area contributed by atoms with E-state index in [9.17, 15) is 9.59 Å². The summed E-state index contributed by atoms with van der Waals surface area (Å²) < 4.78 is 0. The molecule has 0 saturated carbocycles. The van der Waals surface area contributed by atoms with Gasteiger partial charge in [-0.05, 0) is 24.7 Å². The average Bonchev–Trinajstić information content (AvgIpc) is 2.80. The predicted octanol–water partition coefficient (Wildman–Crippen LogP) is 4.45. The van der Waals surface area contributed by atoms with Crippen LogP contribution in [0.4, 0.5) is 5.13 Å². The van der Waals surface area contributed by atoms with Gasteiger partial charge in [0.15, 0.2) is 10.9 Å². The molecule has 0 saturated heterocycles. The van der Waals surface area contributed by atoms with Crippen molar-refractivity contribution in [3.63, 3.8) is 0 Å². The number of nitrogens with one attached hydrogen (secondary N) is 1. The first-order chi connectivity index (χ1) is 10.4. The molecule has 0 radical (unpaired) electrons. The van der Waals surface area contributed by atoms with Gasteiger partial charge in [0.2, 0.25) is 5.91 Å². The summed E-state index contributed by atoms with van der Waals surface area (Å²) in [6.45, 7) is 8.35. The van der Waals surface area contributed by atoms with Crippen LogP contribution in [0, 0.1) is 11.3 Å². The van der Waals surface area contributed by atoms with Crippen molar-refractivity contribution in [3.8, 4) is 0 Å². The van der Waals surface area contributed by atoms with Crippen LogP contribution in [0.5, 0.6) is 0 Å². The van der Waals surface area contributed by atoms with E-state index in [1.165, 1.54) is 11.3 Å². The normalized spacial score (nSPS) is 17.9. The number of carbonyl (C=O) groups is 2. The Morgan fingerprint density at radius 3 is 2.73 bits per heavy atom. The Bertz CT molecular complexity index is 563. The maximum absolute atomic E-state index is 12.3. The Morgan fingerprint density at radius 2 is 2.09 bits per heavy atom. The lowest BCUT2D eigenvalue weighted by atomic mass is 9.78. The smallest absolute Gasteiger partial charge is 0.229 e. The van der Waals surface area contributed by atoms with Gasteiger partial charge < -0.3 is 5.32 Å². The molecule has 122 valence electrons. The molecule has 22 heavy (non-hydrogen) atoms. The molecular formula is C17H26N2O2S. The van der Waals surface area contributed by atoms with Crippen LogP contribution in [-0.2, 0) is 11.2 Å². The van der Waals surface area contributed by atoms with Crippen molar-refractivity contribution in [2.75, 3.05) is 5.32 Å². The van der Waals surface area contributed by atoms with Gasteiger partial charge in [-0.1, -0.05) is 51.9 Å². The van der Waals surface area contributed by atoms with Gasteiger partial charge in [0.05, 0.1) is 10.6 Å². The van der Waals surface area contributed by atoms with E-state index in [0.717, 1.165) is 42.7 Å². The number of rotatable bonds is 6. The molecule has 0 spiro atoms. The summed E-state index contributed by atoms with van der Waals surface area (Å²) in [5.74, 6) is 0.226. The molecule has 0 unspecified atom stereocenters. The molecule has 1 aliphatic carbocycles. The number of fused-ring (bicyclic) bond motifs is 1. The Labute approximate surface area is 136 Å². The second kappa shape index (κ2) is 6.90. The first kappa shape index (κ1) is 17.1. The quantitative estimate of drug-likeness (QED) is 0.841. The van der Waals surface area contributed by atoms with Crippen LogP contribution in [-0.4, -0.2) is 16.7 Å². The van der Waals surface area contributed by atoms with Gasteiger partial charge in [0, 0.05) is 12.3 Å². The Hall–Kier alpha value is -1.23. The van der Waals surface area contributed by atoms with Crippen molar-refractivity contribution in [2.45, 2.75) is 66.2 Å². The van der Waals surface area contributed by atoms with Crippen LogP contribution in [0.2, 0.25) is 0 Å². The zero-order valence-electron chi connectivity index (χ0n) is 14.0. The van der Waals surface area contributed by atoms with Crippen molar-refractivity contribution in [1.29, 1.82) is 0 Å². The molecule has 1 N–H and O–H groups in total. The molecule has 0 fully saturated rings. The molecular weight excluding hydrogens is 296 g/mol. The van der Waals surface area contributed by atoms with Gasteiger partial charge in [0.1, 0.15) is 0 Å². The third-order valence-corrected chi connectivity index (χ3v) is 5.29. The minimum absolute atomic E-state index is 0.0352. The minimum Gasteiger partial charge on any atom is -0.302 e. The van der Waals surface area contributed by atoms with Gasteiger partial charge >= 0.3 is 0 Å². The third-order valence-electron chi connectivity index (χ3n) is 4.24. The summed E-state index contributed by atoms with van der Waals surface area (Å²) in [5.41, 5.74) is 0.815. The standard InChI is InChI=1S/C17H26N2O2S/c1-5-7-8-11(6-2)15(21)19-16-18-12-9-17(3,4)10-13(20)14(12)22-16/h11H,5-10H2,1-4H3,(H,18,19,21)/t11-/m1/s1. The topological polar surface area (TPSA) is 59.1 Å². The molecule has 1 aromatic heterocycles. The van der Waals surface area contributed by atoms with Crippen molar-refractivity contribution in [2.24, 2.45) is 11.3 Å². The fourth-order valence-corrected chi connectivity index (χ4v) is 3.87. The number of thiazole rings is 1. The highest BCUT2D eigenvalue weighted by molar-refractivity contribution is 7.17. The molecule has 4 nitrogen and oxygen atoms in total. The summed E-state index contributed by atoms with van der Waals surface area (Å²) in [6, 6.07) is 0. The van der Waals surface area contributed by atoms with Gasteiger partial charge in [-0.25, -0.2) is 4.98 Å². The number of anilines is 1. The zero-order chi connectivity index (χ0) is 16.3. The fourth-order valence-electron chi connectivity index (χ4n) is 2.95. The Kier molecular flexibility index (Phi) is 5.37. The fraction of sp³-hybridized carbons (Fsp3) is 0.706. The van der Waals surface area contributed by atoms with Crippen LogP contribution in [0.3, 0.4) is 0 Å². The van der Waals surface area contributed by atoms with Gasteiger partial charge in [-0.15, -0.1) is 0 Å². The molecule has 2 rings (SSSR count). The van der Waals surface area contributed by atoms with E-state index in [-0.39, 0.29) is 23.0 Å². The molecule has 1 aromatic rings. The van der Waals surface area contributed by atoms with Gasteiger partial charge in [-0.3, -0.25) is 9.59 Å². The highest BCUT2D eigenvalue weighted by Crippen LogP contribution is 2.38. The number of amides is 1. The minimum atomic E-state index is -0.0352. The predicted molar refractivity (Wildman–Crippen MR) is 90.5 cm³/mol. The number of Topliss-reactive ketones (excluding diaryl/α,β-unsaturated/α-hetero) is 1. The summed E-state index contributed by atoms with van der Waals surface area (Å²) in [5, 5.41) is 3.50. The molecule has 1 aliphatic rings. The maximum Gasteiger partial charge on any atom is 0.229 e. The summed E-state index contributed by atoms with van der Waals surface area (Å²) >= 11 is 1.33. The monoisotopic (exact) mass is 322 g/mol. The number of hydrogen-bond donors (Lipinski definition) is 1. The van der Waals surface area contributed by atoms with E-state index in [2.05, 4.69) is 31.1 Å². The first-order valence-electron chi connectivity index (χ1n) is 8.20. The molecule has 1 heterocycles. The van der Waals surface area contributed by atoms with Crippen LogP contribution >= 0.6 is 11.3 Å². The van der Waals surface area contributed by atoms with Crippen molar-refractivity contribution in [3.05, 3.63) is 10.6 Å². The zero-order valence-corrected chi connectivity index (χ0v) is 14.8. The Balaban J connectivity index is 2.09. The Morgan fingerprint density at radius 1 is 1.36 bits per heavy atom. The van der Waals surface area contributed by atoms with E-state index in [0.29, 0.717) is 11.6 Å². The van der Waals surface area contributed by atoms with E-state index < -0.39 is 0 Å². The molecule has 1 amide bonds. The van der Waals surface area contributed by atoms with E-state index in [1.54, 1.807) is 0 Å². The summed E-state index contributed by atoms with van der Waals surface area (Å²) in [4.78, 5) is 29.8. The maximum atomic E-state index is 12.3. The average molecular weight is 322 g/mol. The van der Waals surface area contributed by atoms with Crippen molar-refractivity contribution < 1.29 is 9.59 Å². The van der Waals surface area contributed by atoms with Crippen molar-refractivity contribution >= 4 is 28.2 Å². The van der Waals surface area contributed by atoms with E-state index in [1.807, 2.05) is 6.92 Å². The van der Waals surface area contributed by atoms with Crippen LogP contribution in [0.15, 0.2) is 0 Å². The molecule has 1 atom stereocenters. The third kappa shape index (κ3) is 3.94. The molecule has 0 bridgehead atoms. The SMILES string of the molecule is CCCC[C@@H](CC)C(=O)Nc1nc2c(s1)C(=O)CC(C)(C)C2. The van der Waals surface area contributed by atoms with Crippen molar-refractivity contribution in [1.82, 2.24) is 4.98 Å². The second-order valence-corrected chi connectivity index (χ2v) is 7.97. The number of ketones is 1. The summed E-state index contributed by atoms with van der Waals surface area (Å²) in [6.07, 6.45) is 5.27. The highest BCUT2D eigenvalue weighted by Gasteiger charge is 2.34. The molecule has 0 aliphatic heterocycles. The lowest BCUT2D eigenvalue weighted by Crippen LogP contribution is -2.26. The summed E-state index contributed by atoms with van der Waals surface area (Å²) in [7, 11) is 0. The number of carbonyl (C=O) groups excluding carboxylic acids is 2. The molecule has 0 aromatic carbocycles. The van der Waals surface area contributed by atoms with Gasteiger partial charge in [-0.2, -0.15) is 0 Å². The van der Waals surface area contributed by atoms with Crippen LogP contribution in [0.25, 0.3) is 0 Å². The lowest BCUT2D eigenvalue weighted by molar-refractivity contribution is -0.120. The van der Waals surface area contributed by atoms with E-state index >= 15 is 0 Å². The largest absolute Gasteiger partial charge is 0.302 e. The van der Waals surface area contributed by atoms with Crippen LogP contribution < -0.4 is 5.32 Å². The lowest BCUT2D eigenvalue weighted by Gasteiger charge is -2.26. The number of aromatic nitrogens is 1. The number of hydrogen-bond acceptors (Lipinski definition) is 4. The first-order valence-corrected chi connectivity index (χ1v) is 9.01.